The van der Waals surface area contributed by atoms with Gasteiger partial charge in [0.05, 0.1) is 25.4 Å². The van der Waals surface area contributed by atoms with E-state index < -0.39 is 11.8 Å². The summed E-state index contributed by atoms with van der Waals surface area (Å²) in [5, 5.41) is 2.75. The van der Waals surface area contributed by atoms with Gasteiger partial charge in [0.2, 0.25) is 0 Å². The lowest BCUT2D eigenvalue weighted by atomic mass is 10.1. The molecule has 3 atom stereocenters. The summed E-state index contributed by atoms with van der Waals surface area (Å²) in [7, 11) is 1.60. The Kier molecular flexibility index (Phi) is 5.60. The number of hydrogen-bond acceptors (Lipinski definition) is 4. The highest BCUT2D eigenvalue weighted by Gasteiger charge is 2.30. The number of benzene rings is 1. The van der Waals surface area contributed by atoms with Crippen LogP contribution in [0.25, 0.3) is 0 Å². The summed E-state index contributed by atoms with van der Waals surface area (Å²) in [6, 6.07) is 7.13. The molecule has 23 heavy (non-hydrogen) atoms. The number of methoxy groups -OCH3 is 1. The number of nitrogens with one attached hydrogen (secondary N) is 1. The molecular formula is C17H24N2O4. The molecular weight excluding hydrogens is 296 g/mol. The number of hydrogen-bond donors (Lipinski definition) is 1. The van der Waals surface area contributed by atoms with E-state index in [1.807, 2.05) is 45.0 Å². The molecule has 3 unspecified atom stereocenters. The molecule has 0 saturated carbocycles. The van der Waals surface area contributed by atoms with E-state index in [0.717, 1.165) is 11.3 Å². The van der Waals surface area contributed by atoms with Gasteiger partial charge in [-0.3, -0.25) is 9.59 Å². The van der Waals surface area contributed by atoms with Crippen molar-refractivity contribution in [3.63, 3.8) is 0 Å². The van der Waals surface area contributed by atoms with Crippen molar-refractivity contribution in [3.05, 3.63) is 29.8 Å². The van der Waals surface area contributed by atoms with Crippen LogP contribution in [-0.4, -0.2) is 49.1 Å². The van der Waals surface area contributed by atoms with Crippen LogP contribution in [0.3, 0.4) is 0 Å². The number of amides is 2. The van der Waals surface area contributed by atoms with E-state index in [9.17, 15) is 9.59 Å². The molecule has 2 amide bonds. The van der Waals surface area contributed by atoms with Crippen molar-refractivity contribution in [3.8, 4) is 5.75 Å². The lowest BCUT2D eigenvalue weighted by Crippen LogP contribution is -2.52. The molecule has 6 nitrogen and oxygen atoms in total. The van der Waals surface area contributed by atoms with Gasteiger partial charge in [-0.05, 0) is 38.5 Å². The van der Waals surface area contributed by atoms with Gasteiger partial charge in [0, 0.05) is 13.1 Å². The van der Waals surface area contributed by atoms with Crippen LogP contribution in [0.4, 0.5) is 0 Å². The zero-order chi connectivity index (χ0) is 17.0. The SMILES string of the molecule is COc1ccc(C(C)NC(=O)C(=O)N2CC(C)OC(C)C2)cc1. The molecule has 1 aromatic carbocycles. The third-order valence-electron chi connectivity index (χ3n) is 3.86. The Balaban J connectivity index is 1.95. The third kappa shape index (κ3) is 4.45. The fraction of sp³-hybridized carbons (Fsp3) is 0.529. The largest absolute Gasteiger partial charge is 0.497 e. The number of nitrogens with zero attached hydrogens (tertiary/aromatic N) is 1. The van der Waals surface area contributed by atoms with Crippen LogP contribution in [0, 0.1) is 0 Å². The van der Waals surface area contributed by atoms with E-state index in [0.29, 0.717) is 13.1 Å². The molecule has 1 aromatic rings. The summed E-state index contributed by atoms with van der Waals surface area (Å²) in [4.78, 5) is 26.0. The molecule has 1 fully saturated rings. The second-order valence-corrected chi connectivity index (χ2v) is 5.94. The van der Waals surface area contributed by atoms with Crippen LogP contribution in [-0.2, 0) is 14.3 Å². The highest BCUT2D eigenvalue weighted by Crippen LogP contribution is 2.17. The van der Waals surface area contributed by atoms with Crippen molar-refractivity contribution in [1.29, 1.82) is 0 Å². The zero-order valence-corrected chi connectivity index (χ0v) is 14.0. The van der Waals surface area contributed by atoms with Gasteiger partial charge in [-0.25, -0.2) is 0 Å². The Morgan fingerprint density at radius 3 is 2.30 bits per heavy atom. The van der Waals surface area contributed by atoms with E-state index in [-0.39, 0.29) is 18.2 Å². The molecule has 0 spiro atoms. The number of carbonyl (C=O) groups excluding carboxylic acids is 2. The molecule has 1 N–H and O–H groups in total. The quantitative estimate of drug-likeness (QED) is 0.857. The van der Waals surface area contributed by atoms with E-state index in [4.69, 9.17) is 9.47 Å². The monoisotopic (exact) mass is 320 g/mol. The van der Waals surface area contributed by atoms with E-state index >= 15 is 0 Å². The predicted octanol–water partition coefficient (Wildman–Crippen LogP) is 1.51. The summed E-state index contributed by atoms with van der Waals surface area (Å²) in [5.41, 5.74) is 0.913. The smallest absolute Gasteiger partial charge is 0.312 e. The van der Waals surface area contributed by atoms with Gasteiger partial charge in [-0.2, -0.15) is 0 Å². The van der Waals surface area contributed by atoms with Gasteiger partial charge in [0.25, 0.3) is 0 Å². The lowest BCUT2D eigenvalue weighted by Gasteiger charge is -2.35. The maximum Gasteiger partial charge on any atom is 0.312 e. The predicted molar refractivity (Wildman–Crippen MR) is 86.1 cm³/mol. The van der Waals surface area contributed by atoms with Gasteiger partial charge in [0.15, 0.2) is 0 Å². The molecule has 126 valence electrons. The first-order valence-corrected chi connectivity index (χ1v) is 7.80. The third-order valence-corrected chi connectivity index (χ3v) is 3.86. The molecule has 2 rings (SSSR count). The van der Waals surface area contributed by atoms with E-state index in [1.165, 1.54) is 0 Å². The van der Waals surface area contributed by atoms with Crippen molar-refractivity contribution in [2.24, 2.45) is 0 Å². The first kappa shape index (κ1) is 17.3. The summed E-state index contributed by atoms with van der Waals surface area (Å²) in [5.74, 6) is -0.346. The molecule has 0 radical (unpaired) electrons. The fourth-order valence-electron chi connectivity index (χ4n) is 2.72. The van der Waals surface area contributed by atoms with Crippen molar-refractivity contribution >= 4 is 11.8 Å². The van der Waals surface area contributed by atoms with Crippen molar-refractivity contribution in [2.45, 2.75) is 39.0 Å². The molecule has 1 aliphatic heterocycles. The first-order chi connectivity index (χ1) is 10.9. The van der Waals surface area contributed by atoms with Gasteiger partial charge < -0.3 is 19.7 Å². The Labute approximate surface area is 136 Å². The number of ether oxygens (including phenoxy) is 2. The van der Waals surface area contributed by atoms with Crippen molar-refractivity contribution in [1.82, 2.24) is 10.2 Å². The van der Waals surface area contributed by atoms with Crippen LogP contribution in [0.2, 0.25) is 0 Å². The average molecular weight is 320 g/mol. The van der Waals surface area contributed by atoms with E-state index in [1.54, 1.807) is 12.0 Å². The van der Waals surface area contributed by atoms with Crippen molar-refractivity contribution in [2.75, 3.05) is 20.2 Å². The standard InChI is InChI=1S/C17H24N2O4/c1-11-9-19(10-12(2)23-11)17(21)16(20)18-13(3)14-5-7-15(22-4)8-6-14/h5-8,11-13H,9-10H2,1-4H3,(H,18,20). The molecule has 1 heterocycles. The zero-order valence-electron chi connectivity index (χ0n) is 14.0. The van der Waals surface area contributed by atoms with E-state index in [2.05, 4.69) is 5.32 Å². The van der Waals surface area contributed by atoms with Crippen molar-refractivity contribution < 1.29 is 19.1 Å². The number of morpholine rings is 1. The fourth-order valence-corrected chi connectivity index (χ4v) is 2.72. The lowest BCUT2D eigenvalue weighted by molar-refractivity contribution is -0.153. The summed E-state index contributed by atoms with van der Waals surface area (Å²) in [6.45, 7) is 6.51. The maximum absolute atomic E-state index is 12.3. The minimum atomic E-state index is -0.588. The van der Waals surface area contributed by atoms with Crippen LogP contribution < -0.4 is 10.1 Å². The van der Waals surface area contributed by atoms with Crippen LogP contribution in [0.1, 0.15) is 32.4 Å². The average Bonchev–Trinajstić information content (AvgIpc) is 2.53. The first-order valence-electron chi connectivity index (χ1n) is 7.80. The summed E-state index contributed by atoms with van der Waals surface area (Å²) >= 11 is 0. The molecule has 1 aliphatic rings. The van der Waals surface area contributed by atoms with Crippen LogP contribution >= 0.6 is 0 Å². The molecule has 0 bridgehead atoms. The number of carbonyl (C=O) groups is 2. The maximum atomic E-state index is 12.3. The normalized spacial score (nSPS) is 22.3. The number of rotatable bonds is 3. The Hall–Kier alpha value is -2.08. The Morgan fingerprint density at radius 1 is 1.22 bits per heavy atom. The molecule has 6 heteroatoms. The Morgan fingerprint density at radius 2 is 1.78 bits per heavy atom. The highest BCUT2D eigenvalue weighted by molar-refractivity contribution is 6.35. The van der Waals surface area contributed by atoms with Gasteiger partial charge in [-0.1, -0.05) is 12.1 Å². The molecule has 1 saturated heterocycles. The topological polar surface area (TPSA) is 67.9 Å². The minimum absolute atomic E-state index is 0.0606. The Bertz CT molecular complexity index is 548. The molecule has 0 aliphatic carbocycles. The van der Waals surface area contributed by atoms with Crippen LogP contribution in [0.5, 0.6) is 5.75 Å². The minimum Gasteiger partial charge on any atom is -0.497 e. The van der Waals surface area contributed by atoms with Crippen LogP contribution in [0.15, 0.2) is 24.3 Å². The van der Waals surface area contributed by atoms with Gasteiger partial charge in [0.1, 0.15) is 5.75 Å². The van der Waals surface area contributed by atoms with Gasteiger partial charge in [-0.15, -0.1) is 0 Å². The molecule has 0 aromatic heterocycles. The summed E-state index contributed by atoms with van der Waals surface area (Å²) in [6.07, 6.45) is -0.121. The summed E-state index contributed by atoms with van der Waals surface area (Å²) < 4.78 is 10.7. The second-order valence-electron chi connectivity index (χ2n) is 5.94. The van der Waals surface area contributed by atoms with Gasteiger partial charge >= 0.3 is 11.8 Å². The highest BCUT2D eigenvalue weighted by atomic mass is 16.5. The second kappa shape index (κ2) is 7.46.